The molecule has 0 spiro atoms. The van der Waals surface area contributed by atoms with Crippen LogP contribution in [0.1, 0.15) is 30.7 Å². The fraction of sp³-hybridized carbons (Fsp3) is 0.222. The Bertz CT molecular complexity index is 1320. The van der Waals surface area contributed by atoms with Crippen molar-refractivity contribution in [2.75, 3.05) is 18.5 Å². The zero-order valence-corrected chi connectivity index (χ0v) is 22.7. The molecule has 7 nitrogen and oxygen atoms in total. The fourth-order valence-corrected chi connectivity index (χ4v) is 5.11. The first-order valence-corrected chi connectivity index (χ1v) is 13.2. The Kier molecular flexibility index (Phi) is 8.91. The summed E-state index contributed by atoms with van der Waals surface area (Å²) in [6.07, 6.45) is 4.18. The number of benzene rings is 2. The summed E-state index contributed by atoms with van der Waals surface area (Å²) in [4.78, 5) is 27.3. The number of ether oxygens (including phenoxy) is 2. The van der Waals surface area contributed by atoms with Gasteiger partial charge in [0.15, 0.2) is 18.1 Å². The van der Waals surface area contributed by atoms with E-state index >= 15 is 0 Å². The van der Waals surface area contributed by atoms with E-state index < -0.39 is 0 Å². The van der Waals surface area contributed by atoms with E-state index in [1.165, 1.54) is 22.2 Å². The molecule has 10 heteroatoms. The first kappa shape index (κ1) is 26.8. The Morgan fingerprint density at radius 3 is 2.65 bits per heavy atom. The second kappa shape index (κ2) is 12.3. The van der Waals surface area contributed by atoms with Gasteiger partial charge in [0.2, 0.25) is 0 Å². The molecule has 192 valence electrons. The highest BCUT2D eigenvalue weighted by atomic mass is 35.5. The van der Waals surface area contributed by atoms with Crippen LogP contribution in [-0.4, -0.2) is 34.2 Å². The summed E-state index contributed by atoms with van der Waals surface area (Å²) in [7, 11) is 0. The Balaban J connectivity index is 1.47. The van der Waals surface area contributed by atoms with Crippen molar-refractivity contribution in [2.45, 2.75) is 26.8 Å². The van der Waals surface area contributed by atoms with E-state index in [1.54, 1.807) is 36.6 Å². The molecule has 1 aromatic heterocycles. The van der Waals surface area contributed by atoms with Gasteiger partial charge >= 0.3 is 0 Å². The SMILES string of the molecule is CCOc1cc(/C=C2\SC(=S)N(Cc3ccco3)C2=O)cc(Cl)c1OCC(=O)Nc1ccc(CC)cc1. The Hall–Kier alpha value is -3.27. The van der Waals surface area contributed by atoms with Crippen LogP contribution >= 0.6 is 35.6 Å². The number of carbonyl (C=O) groups is 2. The minimum absolute atomic E-state index is 0.218. The lowest BCUT2D eigenvalue weighted by Gasteiger charge is -2.15. The average molecular weight is 557 g/mol. The lowest BCUT2D eigenvalue weighted by atomic mass is 10.1. The molecule has 1 aliphatic heterocycles. The highest BCUT2D eigenvalue weighted by molar-refractivity contribution is 8.26. The highest BCUT2D eigenvalue weighted by Crippen LogP contribution is 2.39. The van der Waals surface area contributed by atoms with Gasteiger partial charge in [-0.3, -0.25) is 14.5 Å². The molecule has 2 amide bonds. The van der Waals surface area contributed by atoms with E-state index in [0.29, 0.717) is 38.6 Å². The fourth-order valence-electron chi connectivity index (χ4n) is 3.58. The summed E-state index contributed by atoms with van der Waals surface area (Å²) in [5, 5.41) is 3.05. The maximum Gasteiger partial charge on any atom is 0.266 e. The van der Waals surface area contributed by atoms with E-state index in [4.69, 9.17) is 37.7 Å². The van der Waals surface area contributed by atoms with Crippen molar-refractivity contribution in [2.24, 2.45) is 0 Å². The molecule has 1 N–H and O–H groups in total. The van der Waals surface area contributed by atoms with Crippen LogP contribution in [-0.2, 0) is 22.6 Å². The molecule has 1 saturated heterocycles. The van der Waals surface area contributed by atoms with Crippen molar-refractivity contribution in [3.05, 3.63) is 81.6 Å². The van der Waals surface area contributed by atoms with Crippen molar-refractivity contribution in [3.63, 3.8) is 0 Å². The number of amides is 2. The number of hydrogen-bond acceptors (Lipinski definition) is 7. The number of halogens is 1. The van der Waals surface area contributed by atoms with Crippen LogP contribution in [0.5, 0.6) is 11.5 Å². The average Bonchev–Trinajstić information content (AvgIpc) is 3.48. The van der Waals surface area contributed by atoms with Crippen LogP contribution in [0.15, 0.2) is 64.1 Å². The van der Waals surface area contributed by atoms with Crippen LogP contribution in [0.3, 0.4) is 0 Å². The maximum atomic E-state index is 12.9. The molecule has 0 bridgehead atoms. The Labute approximate surface area is 229 Å². The molecule has 0 aliphatic carbocycles. The molecule has 2 aromatic carbocycles. The summed E-state index contributed by atoms with van der Waals surface area (Å²) in [6.45, 7) is 4.27. The number of rotatable bonds is 10. The smallest absolute Gasteiger partial charge is 0.266 e. The summed E-state index contributed by atoms with van der Waals surface area (Å²) >= 11 is 13.1. The zero-order chi connectivity index (χ0) is 26.4. The third-order valence-corrected chi connectivity index (χ3v) is 7.05. The van der Waals surface area contributed by atoms with Crippen LogP contribution in [0.2, 0.25) is 5.02 Å². The first-order chi connectivity index (χ1) is 17.9. The van der Waals surface area contributed by atoms with Crippen molar-refractivity contribution in [3.8, 4) is 11.5 Å². The van der Waals surface area contributed by atoms with Crippen LogP contribution in [0.4, 0.5) is 5.69 Å². The van der Waals surface area contributed by atoms with Crippen LogP contribution in [0, 0.1) is 0 Å². The molecule has 0 saturated carbocycles. The van der Waals surface area contributed by atoms with Gasteiger partial charge in [-0.05, 0) is 66.9 Å². The van der Waals surface area contributed by atoms with Crippen LogP contribution in [0.25, 0.3) is 6.08 Å². The predicted octanol–water partition coefficient (Wildman–Crippen LogP) is 6.31. The quantitative estimate of drug-likeness (QED) is 0.231. The van der Waals surface area contributed by atoms with Crippen molar-refractivity contribution < 1.29 is 23.5 Å². The van der Waals surface area contributed by atoms with Gasteiger partial charge in [0.05, 0.1) is 29.3 Å². The first-order valence-electron chi connectivity index (χ1n) is 11.6. The van der Waals surface area contributed by atoms with Gasteiger partial charge in [-0.1, -0.05) is 54.6 Å². The number of anilines is 1. The summed E-state index contributed by atoms with van der Waals surface area (Å²) in [6, 6.07) is 14.5. The zero-order valence-electron chi connectivity index (χ0n) is 20.3. The molecule has 3 aromatic rings. The minimum atomic E-state index is -0.327. The Morgan fingerprint density at radius 2 is 1.97 bits per heavy atom. The normalized spacial score (nSPS) is 14.4. The third-order valence-electron chi connectivity index (χ3n) is 5.39. The maximum absolute atomic E-state index is 12.9. The van der Waals surface area contributed by atoms with Gasteiger partial charge in [-0.15, -0.1) is 0 Å². The van der Waals surface area contributed by atoms with Crippen molar-refractivity contribution in [1.82, 2.24) is 4.90 Å². The summed E-state index contributed by atoms with van der Waals surface area (Å²) in [5.74, 6) is 0.717. The third kappa shape index (κ3) is 6.74. The topological polar surface area (TPSA) is 81.0 Å². The molecule has 37 heavy (non-hydrogen) atoms. The molecule has 1 fully saturated rings. The molecule has 2 heterocycles. The summed E-state index contributed by atoms with van der Waals surface area (Å²) < 4.78 is 17.2. The molecule has 0 unspecified atom stereocenters. The number of thioether (sulfide) groups is 1. The van der Waals surface area contributed by atoms with E-state index in [-0.39, 0.29) is 35.7 Å². The predicted molar refractivity (Wildman–Crippen MR) is 150 cm³/mol. The van der Waals surface area contributed by atoms with E-state index in [9.17, 15) is 9.59 Å². The number of nitrogens with one attached hydrogen (secondary N) is 1. The number of nitrogens with zero attached hydrogens (tertiary/aromatic N) is 1. The molecule has 1 aliphatic rings. The number of aryl methyl sites for hydroxylation is 1. The standard InChI is InChI=1S/C27H25ClN2O5S2/c1-3-17-7-9-19(10-8-17)29-24(31)16-35-25-21(28)12-18(13-22(25)33-4-2)14-23-26(32)30(27(36)37-23)15-20-6-5-11-34-20/h5-14H,3-4,15-16H2,1-2H3,(H,29,31)/b23-14-. The number of carbonyl (C=O) groups excluding carboxylic acids is 2. The van der Waals surface area contributed by atoms with E-state index in [2.05, 4.69) is 12.2 Å². The lowest BCUT2D eigenvalue weighted by molar-refractivity contribution is -0.122. The number of furan rings is 1. The summed E-state index contributed by atoms with van der Waals surface area (Å²) in [5.41, 5.74) is 2.50. The second-order valence-electron chi connectivity index (χ2n) is 8.00. The monoisotopic (exact) mass is 556 g/mol. The second-order valence-corrected chi connectivity index (χ2v) is 10.1. The lowest BCUT2D eigenvalue weighted by Crippen LogP contribution is -2.27. The van der Waals surface area contributed by atoms with Gasteiger partial charge in [0.25, 0.3) is 11.8 Å². The van der Waals surface area contributed by atoms with Crippen LogP contribution < -0.4 is 14.8 Å². The highest BCUT2D eigenvalue weighted by Gasteiger charge is 2.32. The van der Waals surface area contributed by atoms with Crippen molar-refractivity contribution >= 4 is 63.5 Å². The molecule has 0 atom stereocenters. The number of hydrogen-bond donors (Lipinski definition) is 1. The minimum Gasteiger partial charge on any atom is -0.490 e. The van der Waals surface area contributed by atoms with Gasteiger partial charge in [-0.2, -0.15) is 0 Å². The van der Waals surface area contributed by atoms with Gasteiger partial charge in [0.1, 0.15) is 10.1 Å². The van der Waals surface area contributed by atoms with Gasteiger partial charge < -0.3 is 19.2 Å². The molecule has 0 radical (unpaired) electrons. The van der Waals surface area contributed by atoms with Gasteiger partial charge in [-0.25, -0.2) is 0 Å². The largest absolute Gasteiger partial charge is 0.490 e. The van der Waals surface area contributed by atoms with E-state index in [0.717, 1.165) is 6.42 Å². The molecule has 4 rings (SSSR count). The number of thiocarbonyl (C=S) groups is 1. The van der Waals surface area contributed by atoms with E-state index in [1.807, 2.05) is 31.2 Å². The van der Waals surface area contributed by atoms with Gasteiger partial charge in [0, 0.05) is 5.69 Å². The molecular weight excluding hydrogens is 532 g/mol. The Morgan fingerprint density at radius 1 is 1.19 bits per heavy atom. The van der Waals surface area contributed by atoms with Crippen molar-refractivity contribution in [1.29, 1.82) is 0 Å². The molecular formula is C27H25ClN2O5S2.